The molecule has 2 amide bonds. The minimum Gasteiger partial charge on any atom is -0.391 e. The SMILES string of the molecule is CC(=O)N1CCC(Cc2cc(-c3ccc(F)cc3)no2)(C(=O)N2CCC[C@@H](O)C2)CC1. The largest absolute Gasteiger partial charge is 0.391 e. The third kappa shape index (κ3) is 4.63. The normalized spacial score (nSPS) is 21.2. The highest BCUT2D eigenvalue weighted by Gasteiger charge is 2.45. The zero-order valence-corrected chi connectivity index (χ0v) is 17.7. The molecule has 2 saturated heterocycles. The van der Waals surface area contributed by atoms with Crippen molar-refractivity contribution >= 4 is 11.8 Å². The first kappa shape index (κ1) is 21.5. The maximum absolute atomic E-state index is 13.6. The summed E-state index contributed by atoms with van der Waals surface area (Å²) in [6.45, 7) is 3.54. The van der Waals surface area contributed by atoms with Crippen LogP contribution in [0.5, 0.6) is 0 Å². The van der Waals surface area contributed by atoms with Gasteiger partial charge >= 0.3 is 0 Å². The molecule has 2 aliphatic heterocycles. The van der Waals surface area contributed by atoms with E-state index in [9.17, 15) is 19.1 Å². The molecule has 0 bridgehead atoms. The van der Waals surface area contributed by atoms with Gasteiger partial charge in [0.15, 0.2) is 0 Å². The van der Waals surface area contributed by atoms with Crippen LogP contribution in [0.1, 0.15) is 38.4 Å². The number of aromatic nitrogens is 1. The molecule has 1 aromatic heterocycles. The van der Waals surface area contributed by atoms with Crippen LogP contribution in [-0.2, 0) is 16.0 Å². The van der Waals surface area contributed by atoms with E-state index >= 15 is 0 Å². The summed E-state index contributed by atoms with van der Waals surface area (Å²) >= 11 is 0. The number of rotatable bonds is 4. The summed E-state index contributed by atoms with van der Waals surface area (Å²) in [6, 6.07) is 7.81. The number of carbonyl (C=O) groups is 2. The average molecular weight is 429 g/mol. The van der Waals surface area contributed by atoms with Gasteiger partial charge in [0.05, 0.1) is 11.5 Å². The van der Waals surface area contributed by atoms with Crippen LogP contribution in [0.2, 0.25) is 0 Å². The van der Waals surface area contributed by atoms with Crippen molar-refractivity contribution in [2.45, 2.75) is 45.1 Å². The Kier molecular flexibility index (Phi) is 6.09. The molecular weight excluding hydrogens is 401 g/mol. The van der Waals surface area contributed by atoms with Crippen LogP contribution < -0.4 is 0 Å². The minimum atomic E-state index is -0.706. The molecule has 2 aromatic rings. The average Bonchev–Trinajstić information content (AvgIpc) is 3.22. The van der Waals surface area contributed by atoms with Gasteiger partial charge in [0.25, 0.3) is 0 Å². The van der Waals surface area contributed by atoms with E-state index in [-0.39, 0.29) is 17.6 Å². The number of halogens is 1. The highest BCUT2D eigenvalue weighted by molar-refractivity contribution is 5.84. The van der Waals surface area contributed by atoms with E-state index in [4.69, 9.17) is 4.52 Å². The first-order valence-corrected chi connectivity index (χ1v) is 10.8. The monoisotopic (exact) mass is 429 g/mol. The van der Waals surface area contributed by atoms with Crippen LogP contribution in [0.4, 0.5) is 4.39 Å². The van der Waals surface area contributed by atoms with Gasteiger partial charge in [0.1, 0.15) is 17.3 Å². The molecule has 7 nitrogen and oxygen atoms in total. The lowest BCUT2D eigenvalue weighted by molar-refractivity contribution is -0.151. The zero-order valence-electron chi connectivity index (χ0n) is 17.7. The lowest BCUT2D eigenvalue weighted by Gasteiger charge is -2.44. The Labute approximate surface area is 180 Å². The number of nitrogens with zero attached hydrogens (tertiary/aromatic N) is 3. The van der Waals surface area contributed by atoms with Crippen molar-refractivity contribution in [3.63, 3.8) is 0 Å². The molecule has 2 aliphatic rings. The van der Waals surface area contributed by atoms with Gasteiger partial charge in [-0.3, -0.25) is 9.59 Å². The first-order valence-electron chi connectivity index (χ1n) is 10.8. The van der Waals surface area contributed by atoms with Crippen molar-refractivity contribution < 1.29 is 23.6 Å². The Morgan fingerprint density at radius 3 is 2.55 bits per heavy atom. The van der Waals surface area contributed by atoms with E-state index < -0.39 is 11.5 Å². The van der Waals surface area contributed by atoms with Gasteiger partial charge in [-0.1, -0.05) is 5.16 Å². The predicted octanol–water partition coefficient (Wildman–Crippen LogP) is 2.64. The summed E-state index contributed by atoms with van der Waals surface area (Å²) < 4.78 is 18.8. The third-order valence-electron chi connectivity index (χ3n) is 6.51. The molecule has 1 atom stereocenters. The number of aliphatic hydroxyl groups excluding tert-OH is 1. The number of likely N-dealkylation sites (tertiary alicyclic amines) is 2. The molecule has 1 aromatic carbocycles. The summed E-state index contributed by atoms with van der Waals surface area (Å²) in [5.74, 6) is 0.279. The summed E-state index contributed by atoms with van der Waals surface area (Å²) in [4.78, 5) is 29.0. The fourth-order valence-corrected chi connectivity index (χ4v) is 4.68. The van der Waals surface area contributed by atoms with Crippen molar-refractivity contribution in [3.05, 3.63) is 41.9 Å². The van der Waals surface area contributed by atoms with E-state index in [2.05, 4.69) is 5.16 Å². The van der Waals surface area contributed by atoms with Crippen LogP contribution >= 0.6 is 0 Å². The Morgan fingerprint density at radius 1 is 1.19 bits per heavy atom. The standard InChI is InChI=1S/C23H28FN3O4/c1-16(28)26-11-8-23(9-12-26,22(30)27-10-2-3-19(29)15-27)14-20-13-21(25-31-20)17-4-6-18(24)7-5-17/h4-7,13,19,29H,2-3,8-12,14-15H2,1H3/t19-/m1/s1. The molecule has 0 aliphatic carbocycles. The molecule has 0 radical (unpaired) electrons. The number of hydrogen-bond donors (Lipinski definition) is 1. The maximum atomic E-state index is 13.6. The second-order valence-electron chi connectivity index (χ2n) is 8.70. The van der Waals surface area contributed by atoms with E-state index in [1.165, 1.54) is 12.1 Å². The maximum Gasteiger partial charge on any atom is 0.229 e. The topological polar surface area (TPSA) is 86.9 Å². The molecule has 1 N–H and O–H groups in total. The molecule has 0 spiro atoms. The molecule has 4 rings (SSSR count). The molecule has 8 heteroatoms. The van der Waals surface area contributed by atoms with E-state index in [0.717, 1.165) is 12.0 Å². The number of carbonyl (C=O) groups excluding carboxylic acids is 2. The van der Waals surface area contributed by atoms with Crippen LogP contribution in [0.3, 0.4) is 0 Å². The number of amides is 2. The van der Waals surface area contributed by atoms with Crippen molar-refractivity contribution in [3.8, 4) is 11.3 Å². The van der Waals surface area contributed by atoms with Gasteiger partial charge in [-0.05, 0) is 49.9 Å². The lowest BCUT2D eigenvalue weighted by Crippen LogP contribution is -2.54. The minimum absolute atomic E-state index is 0.00713. The summed E-state index contributed by atoms with van der Waals surface area (Å²) in [6.07, 6.45) is 2.42. The molecule has 0 saturated carbocycles. The highest BCUT2D eigenvalue weighted by atomic mass is 19.1. The predicted molar refractivity (Wildman–Crippen MR) is 111 cm³/mol. The summed E-state index contributed by atoms with van der Waals surface area (Å²) in [5, 5.41) is 14.2. The first-order chi connectivity index (χ1) is 14.9. The van der Waals surface area contributed by atoms with Crippen LogP contribution in [0, 0.1) is 11.2 Å². The Balaban J connectivity index is 1.57. The fraction of sp³-hybridized carbons (Fsp3) is 0.522. The molecule has 31 heavy (non-hydrogen) atoms. The van der Waals surface area contributed by atoms with Gasteiger partial charge in [-0.25, -0.2) is 4.39 Å². The van der Waals surface area contributed by atoms with Gasteiger partial charge in [0.2, 0.25) is 11.8 Å². The summed E-state index contributed by atoms with van der Waals surface area (Å²) in [7, 11) is 0. The van der Waals surface area contributed by atoms with Gasteiger partial charge in [-0.2, -0.15) is 0 Å². The van der Waals surface area contributed by atoms with Crippen LogP contribution in [0.15, 0.2) is 34.9 Å². The Morgan fingerprint density at radius 2 is 1.90 bits per heavy atom. The number of hydrogen-bond acceptors (Lipinski definition) is 5. The van der Waals surface area contributed by atoms with Gasteiger partial charge in [-0.15, -0.1) is 0 Å². The second kappa shape index (κ2) is 8.78. The lowest BCUT2D eigenvalue weighted by atomic mass is 9.73. The Hall–Kier alpha value is -2.74. The van der Waals surface area contributed by atoms with Crippen molar-refractivity contribution in [2.24, 2.45) is 5.41 Å². The second-order valence-corrected chi connectivity index (χ2v) is 8.70. The quantitative estimate of drug-likeness (QED) is 0.808. The van der Waals surface area contributed by atoms with E-state index in [1.807, 2.05) is 0 Å². The number of β-amino-alcohol motifs (C(OH)–C–C–N with tert-alkyl or cyclic N) is 1. The van der Waals surface area contributed by atoms with Crippen LogP contribution in [0.25, 0.3) is 11.3 Å². The van der Waals surface area contributed by atoms with E-state index in [1.54, 1.807) is 34.9 Å². The molecule has 2 fully saturated rings. The molecular formula is C23H28FN3O4. The summed E-state index contributed by atoms with van der Waals surface area (Å²) in [5.41, 5.74) is 0.622. The molecule has 166 valence electrons. The molecule has 0 unspecified atom stereocenters. The fourth-order valence-electron chi connectivity index (χ4n) is 4.68. The highest BCUT2D eigenvalue weighted by Crippen LogP contribution is 2.38. The Bertz CT molecular complexity index is 935. The number of benzene rings is 1. The smallest absolute Gasteiger partial charge is 0.229 e. The van der Waals surface area contributed by atoms with E-state index in [0.29, 0.717) is 63.3 Å². The van der Waals surface area contributed by atoms with Crippen molar-refractivity contribution in [1.82, 2.24) is 15.0 Å². The molecule has 3 heterocycles. The zero-order chi connectivity index (χ0) is 22.0. The number of piperidine rings is 2. The van der Waals surface area contributed by atoms with Gasteiger partial charge in [0, 0.05) is 51.2 Å². The number of aliphatic hydroxyl groups is 1. The van der Waals surface area contributed by atoms with Crippen LogP contribution in [-0.4, -0.2) is 64.2 Å². The van der Waals surface area contributed by atoms with Crippen molar-refractivity contribution in [1.29, 1.82) is 0 Å². The van der Waals surface area contributed by atoms with Gasteiger partial charge < -0.3 is 19.4 Å². The van der Waals surface area contributed by atoms with Crippen molar-refractivity contribution in [2.75, 3.05) is 26.2 Å². The third-order valence-corrected chi connectivity index (χ3v) is 6.51.